The topological polar surface area (TPSA) is 47.0 Å². The highest BCUT2D eigenvalue weighted by Crippen LogP contribution is 2.29. The number of hydrogen-bond acceptors (Lipinski definition) is 4. The molecule has 22 heavy (non-hydrogen) atoms. The predicted molar refractivity (Wildman–Crippen MR) is 86.7 cm³/mol. The second kappa shape index (κ2) is 6.88. The first kappa shape index (κ1) is 15.0. The van der Waals surface area contributed by atoms with Crippen molar-refractivity contribution < 1.29 is 4.74 Å². The zero-order chi connectivity index (χ0) is 15.4. The summed E-state index contributed by atoms with van der Waals surface area (Å²) in [5.41, 5.74) is 3.55. The normalized spacial score (nSPS) is 15.5. The molecule has 0 radical (unpaired) electrons. The number of nitrogens with zero attached hydrogens (tertiary/aromatic N) is 2. The van der Waals surface area contributed by atoms with Crippen LogP contribution >= 0.6 is 0 Å². The van der Waals surface area contributed by atoms with Crippen LogP contribution in [0.1, 0.15) is 42.5 Å². The van der Waals surface area contributed by atoms with Crippen LogP contribution in [0, 0.1) is 12.8 Å². The molecular weight excluding hydrogens is 274 g/mol. The fraction of sp³-hybridized carbons (Fsp3) is 0.444. The van der Waals surface area contributed by atoms with Crippen molar-refractivity contribution in [1.29, 1.82) is 0 Å². The van der Waals surface area contributed by atoms with Crippen molar-refractivity contribution in [2.45, 2.75) is 39.3 Å². The van der Waals surface area contributed by atoms with Crippen LogP contribution in [0.4, 0.5) is 0 Å². The minimum absolute atomic E-state index is 0.262. The molecule has 0 saturated heterocycles. The lowest BCUT2D eigenvalue weighted by Gasteiger charge is -2.14. The van der Waals surface area contributed by atoms with Crippen LogP contribution in [-0.4, -0.2) is 16.6 Å². The second-order valence-corrected chi connectivity index (χ2v) is 6.16. The molecule has 1 fully saturated rings. The van der Waals surface area contributed by atoms with Gasteiger partial charge in [-0.25, -0.2) is 4.98 Å². The molecule has 2 aromatic rings. The first-order chi connectivity index (χ1) is 10.7. The van der Waals surface area contributed by atoms with Crippen molar-refractivity contribution in [2.24, 2.45) is 5.92 Å². The van der Waals surface area contributed by atoms with Crippen LogP contribution in [0.2, 0.25) is 0 Å². The second-order valence-electron chi connectivity index (χ2n) is 6.16. The molecule has 1 unspecified atom stereocenters. The molecule has 1 aliphatic rings. The van der Waals surface area contributed by atoms with Crippen LogP contribution in [0.15, 0.2) is 36.8 Å². The Bertz CT molecular complexity index is 608. The molecule has 116 valence electrons. The van der Waals surface area contributed by atoms with Crippen LogP contribution in [0.25, 0.3) is 0 Å². The Morgan fingerprint density at radius 3 is 2.82 bits per heavy atom. The van der Waals surface area contributed by atoms with E-state index in [0.717, 1.165) is 30.5 Å². The Morgan fingerprint density at radius 2 is 2.14 bits per heavy atom. The maximum atomic E-state index is 5.65. The number of rotatable bonds is 7. The van der Waals surface area contributed by atoms with Gasteiger partial charge in [0.15, 0.2) is 0 Å². The summed E-state index contributed by atoms with van der Waals surface area (Å²) < 4.78 is 5.65. The first-order valence-corrected chi connectivity index (χ1v) is 7.93. The van der Waals surface area contributed by atoms with E-state index in [4.69, 9.17) is 4.74 Å². The van der Waals surface area contributed by atoms with Gasteiger partial charge >= 0.3 is 0 Å². The van der Waals surface area contributed by atoms with E-state index in [9.17, 15) is 0 Å². The minimum Gasteiger partial charge on any atom is -0.477 e. The smallest absolute Gasteiger partial charge is 0.213 e. The standard InChI is InChI=1S/C18H23N3O/c1-13-7-17(11-19-8-13)14(2)20-9-16-5-6-18(21-10-16)22-12-15-3-4-15/h5-8,10-11,14-15,20H,3-4,9,12H2,1-2H3. The third-order valence-electron chi connectivity index (χ3n) is 3.97. The third-order valence-corrected chi connectivity index (χ3v) is 3.97. The summed E-state index contributed by atoms with van der Waals surface area (Å²) in [5.74, 6) is 1.48. The summed E-state index contributed by atoms with van der Waals surface area (Å²) >= 11 is 0. The third kappa shape index (κ3) is 4.28. The van der Waals surface area contributed by atoms with E-state index in [0.29, 0.717) is 0 Å². The summed E-state index contributed by atoms with van der Waals surface area (Å²) in [6, 6.07) is 6.46. The first-order valence-electron chi connectivity index (χ1n) is 7.93. The summed E-state index contributed by atoms with van der Waals surface area (Å²) in [5, 5.41) is 3.50. The van der Waals surface area contributed by atoms with Crippen molar-refractivity contribution in [3.63, 3.8) is 0 Å². The Labute approximate surface area is 132 Å². The van der Waals surface area contributed by atoms with Crippen molar-refractivity contribution in [3.8, 4) is 5.88 Å². The fourth-order valence-electron chi connectivity index (χ4n) is 2.29. The number of ether oxygens (including phenoxy) is 1. The van der Waals surface area contributed by atoms with E-state index in [-0.39, 0.29) is 6.04 Å². The number of aryl methyl sites for hydroxylation is 1. The SMILES string of the molecule is Cc1cncc(C(C)NCc2ccc(OCC3CC3)nc2)c1. The van der Waals surface area contributed by atoms with Gasteiger partial charge in [-0.2, -0.15) is 0 Å². The van der Waals surface area contributed by atoms with Crippen LogP contribution in [0.3, 0.4) is 0 Å². The highest BCUT2D eigenvalue weighted by molar-refractivity contribution is 5.21. The van der Waals surface area contributed by atoms with Crippen LogP contribution in [-0.2, 0) is 6.54 Å². The molecule has 1 atom stereocenters. The van der Waals surface area contributed by atoms with Gasteiger partial charge in [-0.15, -0.1) is 0 Å². The van der Waals surface area contributed by atoms with Gasteiger partial charge < -0.3 is 10.1 Å². The number of pyridine rings is 2. The number of hydrogen-bond donors (Lipinski definition) is 1. The average molecular weight is 297 g/mol. The van der Waals surface area contributed by atoms with Gasteiger partial charge in [-0.05, 0) is 49.3 Å². The van der Waals surface area contributed by atoms with E-state index in [1.807, 2.05) is 24.7 Å². The predicted octanol–water partition coefficient (Wildman–Crippen LogP) is 3.42. The van der Waals surface area contributed by atoms with Crippen LogP contribution < -0.4 is 10.1 Å². The molecule has 0 bridgehead atoms. The summed E-state index contributed by atoms with van der Waals surface area (Å²) in [7, 11) is 0. The minimum atomic E-state index is 0.262. The molecule has 2 aromatic heterocycles. The fourth-order valence-corrected chi connectivity index (χ4v) is 2.29. The van der Waals surface area contributed by atoms with E-state index in [2.05, 4.69) is 41.3 Å². The lowest BCUT2D eigenvalue weighted by atomic mass is 10.1. The highest BCUT2D eigenvalue weighted by atomic mass is 16.5. The Hall–Kier alpha value is -1.94. The maximum Gasteiger partial charge on any atom is 0.213 e. The molecule has 2 heterocycles. The summed E-state index contributed by atoms with van der Waals surface area (Å²) in [4.78, 5) is 8.61. The molecule has 0 aliphatic heterocycles. The van der Waals surface area contributed by atoms with E-state index < -0.39 is 0 Å². The van der Waals surface area contributed by atoms with E-state index in [1.54, 1.807) is 0 Å². The van der Waals surface area contributed by atoms with Crippen molar-refractivity contribution >= 4 is 0 Å². The zero-order valence-corrected chi connectivity index (χ0v) is 13.2. The van der Waals surface area contributed by atoms with E-state index >= 15 is 0 Å². The molecule has 4 nitrogen and oxygen atoms in total. The molecule has 1 N–H and O–H groups in total. The molecule has 1 saturated carbocycles. The lowest BCUT2D eigenvalue weighted by Crippen LogP contribution is -2.18. The molecule has 3 rings (SSSR count). The summed E-state index contributed by atoms with van der Waals surface area (Å²) in [6.45, 7) is 5.80. The quantitative estimate of drug-likeness (QED) is 0.850. The average Bonchev–Trinajstić information content (AvgIpc) is 3.36. The monoisotopic (exact) mass is 297 g/mol. The molecular formula is C18H23N3O. The van der Waals surface area contributed by atoms with Gasteiger partial charge in [0.2, 0.25) is 5.88 Å². The van der Waals surface area contributed by atoms with Crippen molar-refractivity contribution in [1.82, 2.24) is 15.3 Å². The van der Waals surface area contributed by atoms with Gasteiger partial charge in [0.05, 0.1) is 6.61 Å². The van der Waals surface area contributed by atoms with Gasteiger partial charge in [0.25, 0.3) is 0 Å². The molecule has 0 spiro atoms. The highest BCUT2D eigenvalue weighted by Gasteiger charge is 2.22. The molecule has 0 aromatic carbocycles. The van der Waals surface area contributed by atoms with Crippen molar-refractivity contribution in [2.75, 3.05) is 6.61 Å². The lowest BCUT2D eigenvalue weighted by molar-refractivity contribution is 0.288. The Balaban J connectivity index is 1.49. The number of nitrogens with one attached hydrogen (secondary N) is 1. The maximum absolute atomic E-state index is 5.65. The number of aromatic nitrogens is 2. The van der Waals surface area contributed by atoms with E-state index in [1.165, 1.54) is 24.0 Å². The Morgan fingerprint density at radius 1 is 1.27 bits per heavy atom. The van der Waals surface area contributed by atoms with Gasteiger partial charge in [0.1, 0.15) is 0 Å². The zero-order valence-electron chi connectivity index (χ0n) is 13.2. The van der Waals surface area contributed by atoms with Gasteiger partial charge in [-0.3, -0.25) is 4.98 Å². The molecule has 1 aliphatic carbocycles. The van der Waals surface area contributed by atoms with Gasteiger partial charge in [0, 0.05) is 37.2 Å². The molecule has 0 amide bonds. The molecule has 4 heteroatoms. The Kier molecular flexibility index (Phi) is 4.68. The van der Waals surface area contributed by atoms with Crippen molar-refractivity contribution in [3.05, 3.63) is 53.5 Å². The largest absolute Gasteiger partial charge is 0.477 e. The van der Waals surface area contributed by atoms with Gasteiger partial charge in [-0.1, -0.05) is 12.1 Å². The summed E-state index contributed by atoms with van der Waals surface area (Å²) in [6.07, 6.45) is 8.27. The van der Waals surface area contributed by atoms with Crippen LogP contribution in [0.5, 0.6) is 5.88 Å².